The molecular weight excluding hydrogens is 268 g/mol. The van der Waals surface area contributed by atoms with Crippen molar-refractivity contribution in [2.24, 2.45) is 0 Å². The van der Waals surface area contributed by atoms with Crippen LogP contribution in [0.3, 0.4) is 0 Å². The summed E-state index contributed by atoms with van der Waals surface area (Å²) in [4.78, 5) is 19.0. The molecule has 2 aromatic heterocycles. The maximum Gasteiger partial charge on any atom is 0.222 e. The summed E-state index contributed by atoms with van der Waals surface area (Å²) < 4.78 is 5.41. The van der Waals surface area contributed by atoms with E-state index in [1.54, 1.807) is 18.6 Å². The molecular formula is C14H18N6O. The van der Waals surface area contributed by atoms with Crippen LogP contribution >= 0.6 is 0 Å². The van der Waals surface area contributed by atoms with Crippen LogP contribution in [0.5, 0.6) is 0 Å². The number of rotatable bonds is 4. The van der Waals surface area contributed by atoms with Gasteiger partial charge in [-0.2, -0.15) is 4.98 Å². The number of hydrogen-bond donors (Lipinski definition) is 1. The molecule has 0 bridgehead atoms. The van der Waals surface area contributed by atoms with Gasteiger partial charge < -0.3 is 15.4 Å². The molecule has 2 aromatic rings. The van der Waals surface area contributed by atoms with E-state index in [4.69, 9.17) is 10.5 Å². The lowest BCUT2D eigenvalue weighted by atomic mass is 10.0. The SMILES string of the molecule is CN(Cc1cnccn1)c1cc([C@@H]2CCOC2)nc(N)n1. The van der Waals surface area contributed by atoms with Crippen LogP contribution in [-0.4, -0.2) is 40.2 Å². The zero-order valence-electron chi connectivity index (χ0n) is 11.9. The molecule has 0 amide bonds. The van der Waals surface area contributed by atoms with Crippen LogP contribution < -0.4 is 10.6 Å². The predicted molar refractivity (Wildman–Crippen MR) is 78.8 cm³/mol. The third kappa shape index (κ3) is 3.25. The topological polar surface area (TPSA) is 90.0 Å². The van der Waals surface area contributed by atoms with Crippen molar-refractivity contribution in [3.63, 3.8) is 0 Å². The lowest BCUT2D eigenvalue weighted by Gasteiger charge is -2.19. The van der Waals surface area contributed by atoms with E-state index in [0.29, 0.717) is 25.0 Å². The first-order valence-electron chi connectivity index (χ1n) is 6.90. The zero-order valence-corrected chi connectivity index (χ0v) is 11.9. The number of nitrogen functional groups attached to an aromatic ring is 1. The summed E-state index contributed by atoms with van der Waals surface area (Å²) in [6, 6.07) is 1.98. The molecule has 3 heterocycles. The molecule has 0 aromatic carbocycles. The van der Waals surface area contributed by atoms with E-state index in [1.807, 2.05) is 18.0 Å². The van der Waals surface area contributed by atoms with Gasteiger partial charge in [0.05, 0.1) is 30.7 Å². The third-order valence-electron chi connectivity index (χ3n) is 3.50. The van der Waals surface area contributed by atoms with E-state index >= 15 is 0 Å². The molecule has 3 rings (SSSR count). The fourth-order valence-electron chi connectivity index (χ4n) is 2.38. The fourth-order valence-corrected chi connectivity index (χ4v) is 2.38. The van der Waals surface area contributed by atoms with Crippen molar-refractivity contribution < 1.29 is 4.74 Å². The Labute approximate surface area is 123 Å². The van der Waals surface area contributed by atoms with Gasteiger partial charge in [-0.1, -0.05) is 0 Å². The first-order valence-corrected chi connectivity index (χ1v) is 6.90. The number of ether oxygens (including phenoxy) is 1. The Morgan fingerprint density at radius 1 is 1.38 bits per heavy atom. The van der Waals surface area contributed by atoms with Crippen LogP contribution in [0.25, 0.3) is 0 Å². The molecule has 1 fully saturated rings. The number of nitrogens with two attached hydrogens (primary N) is 1. The highest BCUT2D eigenvalue weighted by Crippen LogP contribution is 2.26. The summed E-state index contributed by atoms with van der Waals surface area (Å²) in [5.74, 6) is 1.38. The molecule has 110 valence electrons. The first kappa shape index (κ1) is 13.7. The summed E-state index contributed by atoms with van der Waals surface area (Å²) in [5.41, 5.74) is 7.66. The maximum absolute atomic E-state index is 5.84. The minimum absolute atomic E-state index is 0.292. The second-order valence-corrected chi connectivity index (χ2v) is 5.12. The molecule has 1 saturated heterocycles. The molecule has 7 heteroatoms. The smallest absolute Gasteiger partial charge is 0.222 e. The van der Waals surface area contributed by atoms with E-state index in [1.165, 1.54) is 0 Å². The minimum Gasteiger partial charge on any atom is -0.381 e. The Morgan fingerprint density at radius 3 is 3.00 bits per heavy atom. The Balaban J connectivity index is 1.80. The van der Waals surface area contributed by atoms with Gasteiger partial charge in [-0.25, -0.2) is 4.98 Å². The quantitative estimate of drug-likeness (QED) is 0.896. The molecule has 0 unspecified atom stereocenters. The number of aromatic nitrogens is 4. The number of anilines is 2. The highest BCUT2D eigenvalue weighted by molar-refractivity contribution is 5.44. The van der Waals surface area contributed by atoms with Crippen molar-refractivity contribution in [2.75, 3.05) is 30.9 Å². The van der Waals surface area contributed by atoms with Gasteiger partial charge in [0.25, 0.3) is 0 Å². The zero-order chi connectivity index (χ0) is 14.7. The van der Waals surface area contributed by atoms with Crippen molar-refractivity contribution in [3.8, 4) is 0 Å². The molecule has 1 aliphatic rings. The van der Waals surface area contributed by atoms with Gasteiger partial charge >= 0.3 is 0 Å². The van der Waals surface area contributed by atoms with Crippen molar-refractivity contribution in [1.82, 2.24) is 19.9 Å². The summed E-state index contributed by atoms with van der Waals surface area (Å²) in [5, 5.41) is 0. The highest BCUT2D eigenvalue weighted by atomic mass is 16.5. The second-order valence-electron chi connectivity index (χ2n) is 5.12. The Morgan fingerprint density at radius 2 is 2.29 bits per heavy atom. The minimum atomic E-state index is 0.292. The van der Waals surface area contributed by atoms with E-state index < -0.39 is 0 Å². The summed E-state index contributed by atoms with van der Waals surface area (Å²) in [7, 11) is 1.95. The van der Waals surface area contributed by atoms with Crippen LogP contribution in [-0.2, 0) is 11.3 Å². The maximum atomic E-state index is 5.84. The number of nitrogens with zero attached hydrogens (tertiary/aromatic N) is 5. The predicted octanol–water partition coefficient (Wildman–Crippen LogP) is 0.989. The summed E-state index contributed by atoms with van der Waals surface area (Å²) in [6.45, 7) is 2.09. The number of hydrogen-bond acceptors (Lipinski definition) is 7. The van der Waals surface area contributed by atoms with Crippen molar-refractivity contribution in [2.45, 2.75) is 18.9 Å². The Bertz CT molecular complexity index is 600. The normalized spacial score (nSPS) is 17.9. The van der Waals surface area contributed by atoms with Crippen molar-refractivity contribution in [1.29, 1.82) is 0 Å². The summed E-state index contributed by atoms with van der Waals surface area (Å²) in [6.07, 6.45) is 6.06. The van der Waals surface area contributed by atoms with E-state index in [2.05, 4.69) is 19.9 Å². The largest absolute Gasteiger partial charge is 0.381 e. The Hall–Kier alpha value is -2.28. The highest BCUT2D eigenvalue weighted by Gasteiger charge is 2.21. The monoisotopic (exact) mass is 286 g/mol. The van der Waals surface area contributed by atoms with Gasteiger partial charge in [-0.3, -0.25) is 9.97 Å². The van der Waals surface area contributed by atoms with Gasteiger partial charge in [-0.05, 0) is 6.42 Å². The van der Waals surface area contributed by atoms with Crippen LogP contribution in [0, 0.1) is 0 Å². The average Bonchev–Trinajstić information content (AvgIpc) is 3.02. The molecule has 0 saturated carbocycles. The molecule has 7 nitrogen and oxygen atoms in total. The lowest BCUT2D eigenvalue weighted by molar-refractivity contribution is 0.193. The molecule has 2 N–H and O–H groups in total. The average molecular weight is 286 g/mol. The van der Waals surface area contributed by atoms with E-state index in [0.717, 1.165) is 30.2 Å². The van der Waals surface area contributed by atoms with Gasteiger partial charge in [0.2, 0.25) is 5.95 Å². The van der Waals surface area contributed by atoms with Crippen LogP contribution in [0.15, 0.2) is 24.7 Å². The van der Waals surface area contributed by atoms with Crippen molar-refractivity contribution in [3.05, 3.63) is 36.0 Å². The second kappa shape index (κ2) is 6.01. The molecule has 0 spiro atoms. The van der Waals surface area contributed by atoms with Crippen LogP contribution in [0.1, 0.15) is 23.7 Å². The van der Waals surface area contributed by atoms with Crippen LogP contribution in [0.2, 0.25) is 0 Å². The third-order valence-corrected chi connectivity index (χ3v) is 3.50. The fraction of sp³-hybridized carbons (Fsp3) is 0.429. The van der Waals surface area contributed by atoms with E-state index in [-0.39, 0.29) is 0 Å². The molecule has 0 radical (unpaired) electrons. The lowest BCUT2D eigenvalue weighted by Crippen LogP contribution is -2.20. The van der Waals surface area contributed by atoms with Crippen LogP contribution in [0.4, 0.5) is 11.8 Å². The van der Waals surface area contributed by atoms with Gasteiger partial charge in [0.1, 0.15) is 5.82 Å². The molecule has 1 aliphatic heterocycles. The summed E-state index contributed by atoms with van der Waals surface area (Å²) >= 11 is 0. The van der Waals surface area contributed by atoms with Crippen molar-refractivity contribution >= 4 is 11.8 Å². The molecule has 21 heavy (non-hydrogen) atoms. The first-order chi connectivity index (χ1) is 10.2. The Kier molecular flexibility index (Phi) is 3.92. The molecule has 0 aliphatic carbocycles. The molecule has 1 atom stereocenters. The van der Waals surface area contributed by atoms with E-state index in [9.17, 15) is 0 Å². The van der Waals surface area contributed by atoms with Gasteiger partial charge in [0.15, 0.2) is 0 Å². The standard InChI is InChI=1S/C14H18N6O/c1-20(8-11-7-16-3-4-17-11)13-6-12(18-14(15)19-13)10-2-5-21-9-10/h3-4,6-7,10H,2,5,8-9H2,1H3,(H2,15,18,19)/t10-/m1/s1. The van der Waals surface area contributed by atoms with Gasteiger partial charge in [-0.15, -0.1) is 0 Å². The van der Waals surface area contributed by atoms with Gasteiger partial charge in [0, 0.05) is 38.0 Å².